The molecule has 1 aliphatic rings. The number of hydrogen-bond acceptors (Lipinski definition) is 5. The largest absolute Gasteiger partial charge is 0.480 e. The zero-order valence-corrected chi connectivity index (χ0v) is 16.8. The van der Waals surface area contributed by atoms with E-state index in [2.05, 4.69) is 0 Å². The van der Waals surface area contributed by atoms with E-state index in [-0.39, 0.29) is 22.1 Å². The molecule has 2 atom stereocenters. The number of amides is 2. The van der Waals surface area contributed by atoms with E-state index in [1.165, 1.54) is 11.8 Å². The van der Waals surface area contributed by atoms with Crippen LogP contribution in [0, 0.1) is 0 Å². The molecule has 0 bridgehead atoms. The van der Waals surface area contributed by atoms with Gasteiger partial charge in [-0.25, -0.2) is 4.79 Å². The standard InChI is InChI=1S/C23H20N2O4S/c24-12-20(16-10-9-14-5-1-2-6-15(14)11-16)30-13-19(23(28)29)25-21(26)17-7-3-4-8-18(17)22(25)27/h1-11,19-20H,12-13,24H2,(H,28,29)/t19-,20?/m0/s1. The quantitative estimate of drug-likeness (QED) is 0.569. The number of fused-ring (bicyclic) bond motifs is 2. The summed E-state index contributed by atoms with van der Waals surface area (Å²) in [6.07, 6.45) is 0. The number of nitrogens with zero attached hydrogens (tertiary/aromatic N) is 1. The fraction of sp³-hybridized carbons (Fsp3) is 0.174. The molecule has 30 heavy (non-hydrogen) atoms. The fourth-order valence-electron chi connectivity index (χ4n) is 3.66. The number of carboxylic acid groups (broad SMARTS) is 1. The van der Waals surface area contributed by atoms with Crippen molar-refractivity contribution in [3.05, 3.63) is 83.4 Å². The second kappa shape index (κ2) is 8.30. The summed E-state index contributed by atoms with van der Waals surface area (Å²) in [5.41, 5.74) is 7.43. The van der Waals surface area contributed by atoms with Crippen LogP contribution in [0.5, 0.6) is 0 Å². The van der Waals surface area contributed by atoms with Crippen molar-refractivity contribution in [2.45, 2.75) is 11.3 Å². The Balaban J connectivity index is 1.55. The van der Waals surface area contributed by atoms with E-state index in [4.69, 9.17) is 5.73 Å². The Hall–Kier alpha value is -3.16. The van der Waals surface area contributed by atoms with Crippen LogP contribution in [0.3, 0.4) is 0 Å². The monoisotopic (exact) mass is 420 g/mol. The van der Waals surface area contributed by atoms with E-state index >= 15 is 0 Å². The molecule has 152 valence electrons. The Kier molecular flexibility index (Phi) is 5.57. The SMILES string of the molecule is NCC(SC[C@@H](C(=O)O)N1C(=O)c2ccccc2C1=O)c1ccc2ccccc2c1. The second-order valence-electron chi connectivity index (χ2n) is 7.04. The van der Waals surface area contributed by atoms with E-state index in [0.29, 0.717) is 6.54 Å². The number of carbonyl (C=O) groups excluding carboxylic acids is 2. The maximum absolute atomic E-state index is 12.7. The van der Waals surface area contributed by atoms with Gasteiger partial charge in [0.1, 0.15) is 6.04 Å². The molecule has 3 aromatic carbocycles. The van der Waals surface area contributed by atoms with Crippen LogP contribution >= 0.6 is 11.8 Å². The topological polar surface area (TPSA) is 101 Å². The van der Waals surface area contributed by atoms with Crippen molar-refractivity contribution in [3.63, 3.8) is 0 Å². The zero-order chi connectivity index (χ0) is 21.3. The molecule has 0 aliphatic carbocycles. The van der Waals surface area contributed by atoms with Crippen LogP contribution in [0.4, 0.5) is 0 Å². The molecule has 1 heterocycles. The summed E-state index contributed by atoms with van der Waals surface area (Å²) >= 11 is 1.34. The highest BCUT2D eigenvalue weighted by molar-refractivity contribution is 7.99. The molecule has 0 fully saturated rings. The van der Waals surface area contributed by atoms with Crippen LogP contribution in [0.15, 0.2) is 66.7 Å². The Morgan fingerprint density at radius 2 is 1.53 bits per heavy atom. The first-order chi connectivity index (χ1) is 14.5. The summed E-state index contributed by atoms with van der Waals surface area (Å²) in [6, 6.07) is 19.1. The molecule has 0 saturated heterocycles. The number of imide groups is 1. The van der Waals surface area contributed by atoms with Gasteiger partial charge in [-0.15, -0.1) is 11.8 Å². The minimum absolute atomic E-state index is 0.0511. The predicted octanol–water partition coefficient (Wildman–Crippen LogP) is 3.32. The minimum Gasteiger partial charge on any atom is -0.480 e. The molecule has 4 rings (SSSR count). The van der Waals surface area contributed by atoms with E-state index in [1.54, 1.807) is 24.3 Å². The molecule has 3 N–H and O–H groups in total. The molecule has 1 aliphatic heterocycles. The van der Waals surface area contributed by atoms with Gasteiger partial charge in [-0.3, -0.25) is 14.5 Å². The molecular formula is C23H20N2O4S. The number of aliphatic carboxylic acids is 1. The van der Waals surface area contributed by atoms with E-state index in [0.717, 1.165) is 21.2 Å². The number of thioether (sulfide) groups is 1. The summed E-state index contributed by atoms with van der Waals surface area (Å²) in [4.78, 5) is 38.2. The summed E-state index contributed by atoms with van der Waals surface area (Å²) in [7, 11) is 0. The van der Waals surface area contributed by atoms with Crippen molar-refractivity contribution in [1.29, 1.82) is 0 Å². The maximum atomic E-state index is 12.7. The summed E-state index contributed by atoms with van der Waals surface area (Å²) < 4.78 is 0. The molecule has 0 saturated carbocycles. The Bertz CT molecular complexity index is 1110. The van der Waals surface area contributed by atoms with Crippen LogP contribution in [0.25, 0.3) is 10.8 Å². The van der Waals surface area contributed by atoms with Gasteiger partial charge in [-0.05, 0) is 34.5 Å². The Labute approximate surface area is 177 Å². The van der Waals surface area contributed by atoms with Crippen molar-refractivity contribution in [3.8, 4) is 0 Å². The van der Waals surface area contributed by atoms with Gasteiger partial charge in [0, 0.05) is 17.5 Å². The first-order valence-electron chi connectivity index (χ1n) is 9.51. The highest BCUT2D eigenvalue weighted by Gasteiger charge is 2.42. The smallest absolute Gasteiger partial charge is 0.327 e. The van der Waals surface area contributed by atoms with E-state index in [9.17, 15) is 19.5 Å². The van der Waals surface area contributed by atoms with Gasteiger partial charge in [0.15, 0.2) is 0 Å². The molecule has 3 aromatic rings. The van der Waals surface area contributed by atoms with Gasteiger partial charge >= 0.3 is 5.97 Å². The van der Waals surface area contributed by atoms with Crippen LogP contribution in [0.2, 0.25) is 0 Å². The van der Waals surface area contributed by atoms with Crippen LogP contribution < -0.4 is 5.73 Å². The third kappa shape index (κ3) is 3.58. The third-order valence-electron chi connectivity index (χ3n) is 5.24. The van der Waals surface area contributed by atoms with Crippen molar-refractivity contribution in [1.82, 2.24) is 4.90 Å². The highest BCUT2D eigenvalue weighted by atomic mass is 32.2. The highest BCUT2D eigenvalue weighted by Crippen LogP contribution is 2.33. The molecule has 0 radical (unpaired) electrons. The number of benzene rings is 3. The summed E-state index contributed by atoms with van der Waals surface area (Å²) in [5.74, 6) is -2.31. The number of carbonyl (C=O) groups is 3. The predicted molar refractivity (Wildman–Crippen MR) is 117 cm³/mol. The van der Waals surface area contributed by atoms with Gasteiger partial charge < -0.3 is 10.8 Å². The number of nitrogens with two attached hydrogens (primary N) is 1. The van der Waals surface area contributed by atoms with Crippen LogP contribution in [-0.4, -0.2) is 46.1 Å². The lowest BCUT2D eigenvalue weighted by atomic mass is 10.1. The fourth-order valence-corrected chi connectivity index (χ4v) is 4.84. The number of hydrogen-bond donors (Lipinski definition) is 2. The molecule has 2 amide bonds. The van der Waals surface area contributed by atoms with Gasteiger partial charge in [0.2, 0.25) is 0 Å². The van der Waals surface area contributed by atoms with Gasteiger partial charge in [-0.1, -0.05) is 48.5 Å². The summed E-state index contributed by atoms with van der Waals surface area (Å²) in [5, 5.41) is 11.8. The molecule has 1 unspecified atom stereocenters. The molecular weight excluding hydrogens is 400 g/mol. The van der Waals surface area contributed by atoms with Crippen molar-refractivity contribution < 1.29 is 19.5 Å². The van der Waals surface area contributed by atoms with Gasteiger partial charge in [0.25, 0.3) is 11.8 Å². The third-order valence-corrected chi connectivity index (χ3v) is 6.61. The van der Waals surface area contributed by atoms with E-state index in [1.807, 2.05) is 42.5 Å². The van der Waals surface area contributed by atoms with Gasteiger partial charge in [-0.2, -0.15) is 0 Å². The average molecular weight is 420 g/mol. The first kappa shape index (κ1) is 20.1. The lowest BCUT2D eigenvalue weighted by Crippen LogP contribution is -2.46. The second-order valence-corrected chi connectivity index (χ2v) is 8.28. The van der Waals surface area contributed by atoms with Crippen molar-refractivity contribution in [2.24, 2.45) is 5.73 Å². The molecule has 0 aromatic heterocycles. The molecule has 6 nitrogen and oxygen atoms in total. The number of carboxylic acids is 1. The first-order valence-corrected chi connectivity index (χ1v) is 10.6. The van der Waals surface area contributed by atoms with Crippen LogP contribution in [0.1, 0.15) is 31.5 Å². The van der Waals surface area contributed by atoms with Gasteiger partial charge in [0.05, 0.1) is 11.1 Å². The average Bonchev–Trinajstić information content (AvgIpc) is 3.01. The van der Waals surface area contributed by atoms with E-state index < -0.39 is 23.8 Å². The lowest BCUT2D eigenvalue weighted by molar-refractivity contribution is -0.140. The molecule has 0 spiro atoms. The van der Waals surface area contributed by atoms with Crippen LogP contribution in [-0.2, 0) is 4.79 Å². The molecule has 7 heteroatoms. The minimum atomic E-state index is -1.27. The van der Waals surface area contributed by atoms with Crippen molar-refractivity contribution >= 4 is 40.3 Å². The maximum Gasteiger partial charge on any atom is 0.327 e. The normalized spacial score (nSPS) is 15.3. The lowest BCUT2D eigenvalue weighted by Gasteiger charge is -2.24. The number of rotatable bonds is 7. The van der Waals surface area contributed by atoms with Crippen molar-refractivity contribution in [2.75, 3.05) is 12.3 Å². The Morgan fingerprint density at radius 1 is 0.933 bits per heavy atom. The zero-order valence-electron chi connectivity index (χ0n) is 16.0. The summed E-state index contributed by atoms with van der Waals surface area (Å²) in [6.45, 7) is 0.303. The Morgan fingerprint density at radius 3 is 2.13 bits per heavy atom.